The Balaban J connectivity index is 2.07. The molecule has 100 valence electrons. The van der Waals surface area contributed by atoms with Crippen molar-refractivity contribution in [3.8, 4) is 0 Å². The van der Waals surface area contributed by atoms with Crippen LogP contribution in [0.1, 0.15) is 39.2 Å². The number of hydrogen-bond acceptors (Lipinski definition) is 2. The number of rotatable bonds is 3. The number of aryl methyl sites for hydroxylation is 1. The van der Waals surface area contributed by atoms with Gasteiger partial charge in [0.2, 0.25) is 0 Å². The quantitative estimate of drug-likeness (QED) is 0.882. The first-order valence-corrected chi connectivity index (χ1v) is 7.63. The van der Waals surface area contributed by atoms with Gasteiger partial charge in [0, 0.05) is 16.2 Å². The predicted molar refractivity (Wildman–Crippen MR) is 81.0 cm³/mol. The van der Waals surface area contributed by atoms with Crippen molar-refractivity contribution in [2.45, 2.75) is 50.2 Å². The van der Waals surface area contributed by atoms with Crippen LogP contribution in [0.15, 0.2) is 29.2 Å². The molecule has 1 aromatic carbocycles. The van der Waals surface area contributed by atoms with Gasteiger partial charge in [-0.1, -0.05) is 39.0 Å². The van der Waals surface area contributed by atoms with Crippen molar-refractivity contribution in [2.75, 3.05) is 6.54 Å². The summed E-state index contributed by atoms with van der Waals surface area (Å²) in [5.41, 5.74) is 7.84. The molecule has 1 aliphatic rings. The number of hydrogen-bond donors (Lipinski definition) is 1. The highest BCUT2D eigenvalue weighted by atomic mass is 32.2. The molecule has 18 heavy (non-hydrogen) atoms. The minimum absolute atomic E-state index is 0.282. The highest BCUT2D eigenvalue weighted by Gasteiger charge is 2.48. The molecule has 2 heteroatoms. The summed E-state index contributed by atoms with van der Waals surface area (Å²) in [4.78, 5) is 1.40. The van der Waals surface area contributed by atoms with Crippen LogP contribution in [-0.4, -0.2) is 11.3 Å². The second-order valence-corrected chi connectivity index (χ2v) is 8.24. The molecular weight excluding hydrogens is 238 g/mol. The van der Waals surface area contributed by atoms with Crippen LogP contribution in [0.4, 0.5) is 0 Å². The van der Waals surface area contributed by atoms with E-state index in [2.05, 4.69) is 52.0 Å². The summed E-state index contributed by atoms with van der Waals surface area (Å²) >= 11 is 2.00. The van der Waals surface area contributed by atoms with Crippen LogP contribution in [-0.2, 0) is 0 Å². The molecule has 1 fully saturated rings. The maximum Gasteiger partial charge on any atom is 0.0335 e. The molecule has 1 aliphatic carbocycles. The Morgan fingerprint density at radius 3 is 2.39 bits per heavy atom. The molecule has 0 radical (unpaired) electrons. The lowest BCUT2D eigenvalue weighted by Gasteiger charge is -2.52. The fourth-order valence-electron chi connectivity index (χ4n) is 2.65. The van der Waals surface area contributed by atoms with Gasteiger partial charge in [0.05, 0.1) is 0 Å². The standard InChI is InChI=1S/C16H25NS/c1-12-7-5-6-8-14(12)18-16(11-17)9-13(10-16)15(2,3)4/h5-8,13H,9-11,17H2,1-4H3. The maximum atomic E-state index is 6.05. The average Bonchev–Trinajstić information content (AvgIpc) is 2.24. The number of thioether (sulfide) groups is 1. The number of nitrogens with two attached hydrogens (primary N) is 1. The first-order valence-electron chi connectivity index (χ1n) is 6.81. The predicted octanol–water partition coefficient (Wildman–Crippen LogP) is 4.24. The summed E-state index contributed by atoms with van der Waals surface area (Å²) in [6.45, 7) is 10.0. The van der Waals surface area contributed by atoms with Gasteiger partial charge >= 0.3 is 0 Å². The van der Waals surface area contributed by atoms with Crippen molar-refractivity contribution in [3.63, 3.8) is 0 Å². The Bertz CT molecular complexity index is 413. The van der Waals surface area contributed by atoms with Gasteiger partial charge in [-0.2, -0.15) is 0 Å². The minimum atomic E-state index is 0.282. The Morgan fingerprint density at radius 1 is 1.28 bits per heavy atom. The summed E-state index contributed by atoms with van der Waals surface area (Å²) in [5.74, 6) is 0.817. The van der Waals surface area contributed by atoms with E-state index >= 15 is 0 Å². The largest absolute Gasteiger partial charge is 0.329 e. The molecule has 0 aromatic heterocycles. The first kappa shape index (κ1) is 14.0. The molecule has 0 bridgehead atoms. The summed E-state index contributed by atoms with van der Waals surface area (Å²) < 4.78 is 0.282. The molecular formula is C16H25NS. The maximum absolute atomic E-state index is 6.05. The molecule has 1 aromatic rings. The lowest BCUT2D eigenvalue weighted by atomic mass is 9.62. The zero-order valence-corrected chi connectivity index (χ0v) is 12.8. The van der Waals surface area contributed by atoms with Gasteiger partial charge in [-0.3, -0.25) is 0 Å². The molecule has 2 N–H and O–H groups in total. The lowest BCUT2D eigenvalue weighted by Crippen LogP contribution is -2.50. The molecule has 2 rings (SSSR count). The van der Waals surface area contributed by atoms with Gasteiger partial charge in [-0.05, 0) is 42.7 Å². The number of benzene rings is 1. The zero-order chi connectivity index (χ0) is 13.4. The zero-order valence-electron chi connectivity index (χ0n) is 12.0. The van der Waals surface area contributed by atoms with E-state index in [1.165, 1.54) is 23.3 Å². The smallest absolute Gasteiger partial charge is 0.0335 e. The topological polar surface area (TPSA) is 26.0 Å². The van der Waals surface area contributed by atoms with Crippen LogP contribution in [0.5, 0.6) is 0 Å². The Hall–Kier alpha value is -0.470. The van der Waals surface area contributed by atoms with Crippen LogP contribution >= 0.6 is 11.8 Å². The summed E-state index contributed by atoms with van der Waals surface area (Å²) in [7, 11) is 0. The second-order valence-electron chi connectivity index (χ2n) is 6.73. The summed E-state index contributed by atoms with van der Waals surface area (Å²) in [5, 5.41) is 0. The molecule has 0 aliphatic heterocycles. The summed E-state index contributed by atoms with van der Waals surface area (Å²) in [6.07, 6.45) is 2.51. The van der Waals surface area contributed by atoms with E-state index in [1.807, 2.05) is 11.8 Å². The average molecular weight is 263 g/mol. The lowest BCUT2D eigenvalue weighted by molar-refractivity contribution is 0.102. The Morgan fingerprint density at radius 2 is 1.89 bits per heavy atom. The second kappa shape index (κ2) is 4.90. The van der Waals surface area contributed by atoms with Gasteiger partial charge in [0.1, 0.15) is 0 Å². The highest BCUT2D eigenvalue weighted by Crippen LogP contribution is 2.55. The normalized spacial score (nSPS) is 27.9. The fourth-order valence-corrected chi connectivity index (χ4v) is 4.14. The van der Waals surface area contributed by atoms with Gasteiger partial charge in [0.15, 0.2) is 0 Å². The van der Waals surface area contributed by atoms with Crippen molar-refractivity contribution in [3.05, 3.63) is 29.8 Å². The molecule has 0 saturated heterocycles. The third kappa shape index (κ3) is 2.75. The van der Waals surface area contributed by atoms with Crippen LogP contribution in [0.25, 0.3) is 0 Å². The van der Waals surface area contributed by atoms with Crippen molar-refractivity contribution >= 4 is 11.8 Å². The van der Waals surface area contributed by atoms with Gasteiger partial charge in [-0.25, -0.2) is 0 Å². The Labute approximate surface area is 116 Å². The van der Waals surface area contributed by atoms with Crippen molar-refractivity contribution in [2.24, 2.45) is 17.1 Å². The van der Waals surface area contributed by atoms with E-state index in [4.69, 9.17) is 5.73 Å². The molecule has 0 spiro atoms. The Kier molecular flexibility index (Phi) is 3.80. The highest BCUT2D eigenvalue weighted by molar-refractivity contribution is 8.00. The van der Waals surface area contributed by atoms with Gasteiger partial charge in [-0.15, -0.1) is 11.8 Å². The van der Waals surface area contributed by atoms with E-state index in [0.29, 0.717) is 5.41 Å². The van der Waals surface area contributed by atoms with E-state index in [1.54, 1.807) is 0 Å². The van der Waals surface area contributed by atoms with Crippen LogP contribution in [0.2, 0.25) is 0 Å². The van der Waals surface area contributed by atoms with Crippen LogP contribution in [0, 0.1) is 18.3 Å². The van der Waals surface area contributed by atoms with E-state index in [9.17, 15) is 0 Å². The van der Waals surface area contributed by atoms with Crippen molar-refractivity contribution in [1.29, 1.82) is 0 Å². The van der Waals surface area contributed by atoms with E-state index < -0.39 is 0 Å². The third-order valence-electron chi connectivity index (χ3n) is 4.25. The minimum Gasteiger partial charge on any atom is -0.329 e. The molecule has 0 amide bonds. The molecule has 0 heterocycles. The molecule has 1 nitrogen and oxygen atoms in total. The molecule has 0 atom stereocenters. The molecule has 0 unspecified atom stereocenters. The SMILES string of the molecule is Cc1ccccc1SC1(CN)CC(C(C)(C)C)C1. The fraction of sp³-hybridized carbons (Fsp3) is 0.625. The van der Waals surface area contributed by atoms with E-state index in [0.717, 1.165) is 12.5 Å². The van der Waals surface area contributed by atoms with Crippen LogP contribution < -0.4 is 5.73 Å². The van der Waals surface area contributed by atoms with Crippen molar-refractivity contribution < 1.29 is 0 Å². The third-order valence-corrected chi connectivity index (χ3v) is 5.86. The van der Waals surface area contributed by atoms with Gasteiger partial charge in [0.25, 0.3) is 0 Å². The van der Waals surface area contributed by atoms with Crippen molar-refractivity contribution in [1.82, 2.24) is 0 Å². The van der Waals surface area contributed by atoms with Gasteiger partial charge < -0.3 is 5.73 Å². The van der Waals surface area contributed by atoms with Crippen LogP contribution in [0.3, 0.4) is 0 Å². The monoisotopic (exact) mass is 263 g/mol. The van der Waals surface area contributed by atoms with E-state index in [-0.39, 0.29) is 4.75 Å². The molecule has 1 saturated carbocycles. The first-order chi connectivity index (χ1) is 8.36. The summed E-state index contributed by atoms with van der Waals surface area (Å²) in [6, 6.07) is 8.64.